The number of hydrogen-bond donors (Lipinski definition) is 0. The lowest BCUT2D eigenvalue weighted by molar-refractivity contribution is 0.661. The summed E-state index contributed by atoms with van der Waals surface area (Å²) in [6, 6.07) is 42.2. The maximum atomic E-state index is 5.08. The van der Waals surface area contributed by atoms with Gasteiger partial charge in [0.1, 0.15) is 0 Å². The third kappa shape index (κ3) is 3.23. The molecule has 1 aliphatic carbocycles. The summed E-state index contributed by atoms with van der Waals surface area (Å²) in [5.41, 5.74) is 9.37. The summed E-state index contributed by atoms with van der Waals surface area (Å²) in [6.45, 7) is 4.65. The van der Waals surface area contributed by atoms with E-state index in [-0.39, 0.29) is 5.41 Å². The Hall–Kier alpha value is -5.09. The second kappa shape index (κ2) is 8.45. The molecule has 0 spiro atoms. The first-order valence-electron chi connectivity index (χ1n) is 13.6. The van der Waals surface area contributed by atoms with Crippen molar-refractivity contribution in [2.45, 2.75) is 19.3 Å². The quantitative estimate of drug-likeness (QED) is 0.237. The Bertz CT molecular complexity index is 2010. The third-order valence-corrected chi connectivity index (χ3v) is 8.27. The van der Waals surface area contributed by atoms with E-state index >= 15 is 0 Å². The van der Waals surface area contributed by atoms with Crippen molar-refractivity contribution in [3.05, 3.63) is 132 Å². The van der Waals surface area contributed by atoms with E-state index < -0.39 is 0 Å². The summed E-state index contributed by atoms with van der Waals surface area (Å²) in [5, 5.41) is 2.44. The average Bonchev–Trinajstić information content (AvgIpc) is 3.47. The van der Waals surface area contributed by atoms with Crippen LogP contribution in [-0.2, 0) is 5.41 Å². The van der Waals surface area contributed by atoms with E-state index in [0.29, 0.717) is 17.6 Å². The molecule has 2 heterocycles. The molecule has 40 heavy (non-hydrogen) atoms. The van der Waals surface area contributed by atoms with Crippen LogP contribution in [0.15, 0.2) is 121 Å². The zero-order valence-electron chi connectivity index (χ0n) is 22.3. The van der Waals surface area contributed by atoms with E-state index in [1.807, 2.05) is 60.7 Å². The van der Waals surface area contributed by atoms with Crippen LogP contribution in [0.3, 0.4) is 0 Å². The lowest BCUT2D eigenvalue weighted by atomic mass is 9.82. The fourth-order valence-corrected chi connectivity index (χ4v) is 6.37. The minimum absolute atomic E-state index is 0.0720. The molecule has 0 bridgehead atoms. The normalized spacial score (nSPS) is 13.4. The largest absolute Gasteiger partial charge is 0.278 e. The minimum Gasteiger partial charge on any atom is -0.278 e. The van der Waals surface area contributed by atoms with Crippen molar-refractivity contribution in [2.75, 3.05) is 0 Å². The van der Waals surface area contributed by atoms with Gasteiger partial charge in [0.25, 0.3) is 0 Å². The first-order chi connectivity index (χ1) is 19.6. The first-order valence-corrected chi connectivity index (χ1v) is 13.6. The maximum Gasteiger partial charge on any atom is 0.238 e. The molecule has 190 valence electrons. The predicted octanol–water partition coefficient (Wildman–Crippen LogP) is 8.61. The molecule has 2 aromatic heterocycles. The zero-order valence-corrected chi connectivity index (χ0v) is 22.3. The topological polar surface area (TPSA) is 43.6 Å². The van der Waals surface area contributed by atoms with Gasteiger partial charge in [0, 0.05) is 27.3 Å². The Morgan fingerprint density at radius 3 is 1.82 bits per heavy atom. The van der Waals surface area contributed by atoms with Gasteiger partial charge in [-0.05, 0) is 34.4 Å². The molecule has 0 N–H and O–H groups in total. The number of nitrogens with zero attached hydrogens (tertiary/aromatic N) is 4. The molecule has 7 aromatic rings. The SMILES string of the molecule is CC1(C)c2ccccc2-c2c1ccc1c2c2ccccc2n1-c1nc(-c2ccccc2)nc(-c2ccccc2)n1. The van der Waals surface area contributed by atoms with Crippen molar-refractivity contribution in [2.24, 2.45) is 0 Å². The van der Waals surface area contributed by atoms with Gasteiger partial charge in [-0.25, -0.2) is 4.98 Å². The van der Waals surface area contributed by atoms with Crippen molar-refractivity contribution in [3.63, 3.8) is 0 Å². The Morgan fingerprint density at radius 2 is 1.12 bits per heavy atom. The van der Waals surface area contributed by atoms with Gasteiger partial charge in [-0.15, -0.1) is 0 Å². The Balaban J connectivity index is 1.48. The van der Waals surface area contributed by atoms with Gasteiger partial charge in [0.15, 0.2) is 11.6 Å². The molecule has 0 saturated heterocycles. The monoisotopic (exact) mass is 514 g/mol. The van der Waals surface area contributed by atoms with E-state index in [2.05, 4.69) is 79.1 Å². The predicted molar refractivity (Wildman–Crippen MR) is 163 cm³/mol. The highest BCUT2D eigenvalue weighted by Crippen LogP contribution is 2.53. The fraction of sp³-hybridized carbons (Fsp3) is 0.0833. The molecular formula is C36H26N4. The summed E-state index contributed by atoms with van der Waals surface area (Å²) in [5.74, 6) is 1.93. The number of aromatic nitrogens is 4. The van der Waals surface area contributed by atoms with Crippen LogP contribution < -0.4 is 0 Å². The molecule has 0 aliphatic heterocycles. The Kier molecular flexibility index (Phi) is 4.83. The van der Waals surface area contributed by atoms with Crippen LogP contribution in [0.4, 0.5) is 0 Å². The van der Waals surface area contributed by atoms with Gasteiger partial charge in [-0.3, -0.25) is 4.57 Å². The minimum atomic E-state index is -0.0720. The molecule has 4 heteroatoms. The standard InChI is InChI=1S/C36H26N4/c1-36(2)27-19-11-9-17-25(27)31-28(36)21-22-30-32(31)26-18-10-12-20-29(26)40(30)35-38-33(23-13-5-3-6-14-23)37-34(39-35)24-15-7-4-8-16-24/h3-22H,1-2H3. The highest BCUT2D eigenvalue weighted by Gasteiger charge is 2.37. The van der Waals surface area contributed by atoms with E-state index in [9.17, 15) is 0 Å². The molecule has 0 unspecified atom stereocenters. The van der Waals surface area contributed by atoms with Crippen LogP contribution in [0.1, 0.15) is 25.0 Å². The number of rotatable bonds is 3. The summed E-state index contributed by atoms with van der Waals surface area (Å²) in [4.78, 5) is 15.1. The molecule has 0 amide bonds. The number of fused-ring (bicyclic) bond motifs is 7. The highest BCUT2D eigenvalue weighted by molar-refractivity contribution is 6.17. The number of hydrogen-bond acceptors (Lipinski definition) is 3. The maximum absolute atomic E-state index is 5.08. The Morgan fingerprint density at radius 1 is 0.525 bits per heavy atom. The van der Waals surface area contributed by atoms with Crippen LogP contribution in [-0.4, -0.2) is 19.5 Å². The molecule has 5 aromatic carbocycles. The fourth-order valence-electron chi connectivity index (χ4n) is 6.37. The van der Waals surface area contributed by atoms with Gasteiger partial charge in [-0.2, -0.15) is 9.97 Å². The second-order valence-electron chi connectivity index (χ2n) is 10.9. The molecule has 4 nitrogen and oxygen atoms in total. The van der Waals surface area contributed by atoms with E-state index in [0.717, 1.165) is 22.2 Å². The smallest absolute Gasteiger partial charge is 0.238 e. The molecule has 1 aliphatic rings. The van der Waals surface area contributed by atoms with Crippen molar-refractivity contribution >= 4 is 21.8 Å². The van der Waals surface area contributed by atoms with Crippen molar-refractivity contribution in [3.8, 4) is 39.9 Å². The number of para-hydroxylation sites is 1. The lowest BCUT2D eigenvalue weighted by Gasteiger charge is -2.21. The molecule has 0 fully saturated rings. The lowest BCUT2D eigenvalue weighted by Crippen LogP contribution is -2.14. The number of benzene rings is 5. The van der Waals surface area contributed by atoms with Crippen molar-refractivity contribution < 1.29 is 0 Å². The van der Waals surface area contributed by atoms with E-state index in [4.69, 9.17) is 15.0 Å². The average molecular weight is 515 g/mol. The van der Waals surface area contributed by atoms with Gasteiger partial charge in [-0.1, -0.05) is 123 Å². The summed E-state index contributed by atoms with van der Waals surface area (Å²) < 4.78 is 2.21. The molecule has 0 saturated carbocycles. The molecule has 0 atom stereocenters. The van der Waals surface area contributed by atoms with Crippen LogP contribution in [0.5, 0.6) is 0 Å². The van der Waals surface area contributed by atoms with Crippen molar-refractivity contribution in [1.82, 2.24) is 19.5 Å². The molecule has 0 radical (unpaired) electrons. The third-order valence-electron chi connectivity index (χ3n) is 8.27. The van der Waals surface area contributed by atoms with Crippen molar-refractivity contribution in [1.29, 1.82) is 0 Å². The first kappa shape index (κ1) is 22.9. The van der Waals surface area contributed by atoms with Crippen LogP contribution >= 0.6 is 0 Å². The summed E-state index contributed by atoms with van der Waals surface area (Å²) in [6.07, 6.45) is 0. The molecule has 8 rings (SSSR count). The Labute approximate surface area is 232 Å². The van der Waals surface area contributed by atoms with Gasteiger partial charge < -0.3 is 0 Å². The van der Waals surface area contributed by atoms with E-state index in [1.165, 1.54) is 33.0 Å². The van der Waals surface area contributed by atoms with Crippen LogP contribution in [0.25, 0.3) is 61.7 Å². The van der Waals surface area contributed by atoms with Crippen LogP contribution in [0.2, 0.25) is 0 Å². The summed E-state index contributed by atoms with van der Waals surface area (Å²) >= 11 is 0. The zero-order chi connectivity index (χ0) is 26.8. The van der Waals surface area contributed by atoms with Gasteiger partial charge >= 0.3 is 0 Å². The highest BCUT2D eigenvalue weighted by atomic mass is 15.2. The molecular weight excluding hydrogens is 488 g/mol. The second-order valence-corrected chi connectivity index (χ2v) is 10.9. The van der Waals surface area contributed by atoms with Gasteiger partial charge in [0.05, 0.1) is 11.0 Å². The van der Waals surface area contributed by atoms with Crippen LogP contribution in [0, 0.1) is 0 Å². The van der Waals surface area contributed by atoms with Gasteiger partial charge in [0.2, 0.25) is 5.95 Å². The summed E-state index contributed by atoms with van der Waals surface area (Å²) in [7, 11) is 0. The van der Waals surface area contributed by atoms with E-state index in [1.54, 1.807) is 0 Å².